The van der Waals surface area contributed by atoms with E-state index in [1.54, 1.807) is 0 Å². The molecule has 0 rings (SSSR count). The van der Waals surface area contributed by atoms with Crippen LogP contribution in [0.1, 0.15) is 0 Å². The quantitative estimate of drug-likeness (QED) is 0.524. The van der Waals surface area contributed by atoms with Crippen molar-refractivity contribution in [2.45, 2.75) is 11.4 Å². The second-order valence-electron chi connectivity index (χ2n) is 1.29. The predicted octanol–water partition coefficient (Wildman–Crippen LogP) is 0.806. The van der Waals surface area contributed by atoms with Crippen LogP contribution in [0.5, 0.6) is 0 Å². The van der Waals surface area contributed by atoms with E-state index < -0.39 is 18.0 Å². The zero-order valence-electron chi connectivity index (χ0n) is 3.94. The summed E-state index contributed by atoms with van der Waals surface area (Å²) >= 11 is 3.16. The summed E-state index contributed by atoms with van der Waals surface area (Å²) in [7, 11) is 0. The summed E-state index contributed by atoms with van der Waals surface area (Å²) < 4.78 is 33.9. The maximum absolute atomic E-state index is 11.3. The van der Waals surface area contributed by atoms with E-state index in [1.165, 1.54) is 0 Å². The summed E-state index contributed by atoms with van der Waals surface area (Å²) in [5, 5.41) is -1.68. The van der Waals surface area contributed by atoms with Crippen LogP contribution >= 0.6 is 12.6 Å². The van der Waals surface area contributed by atoms with Gasteiger partial charge in [0.2, 0.25) is 0 Å². The average molecular weight is 145 g/mol. The standard InChI is InChI=1S/C3H6F3NS/c4-3(5,6)2(8)1-7/h2,8H,1,7H2/t2-/m0/s1. The molecule has 0 unspecified atom stereocenters. The molecule has 50 valence electrons. The molecule has 0 heterocycles. The molecule has 0 radical (unpaired) electrons. The van der Waals surface area contributed by atoms with Gasteiger partial charge in [-0.1, -0.05) is 0 Å². The van der Waals surface area contributed by atoms with E-state index in [4.69, 9.17) is 0 Å². The van der Waals surface area contributed by atoms with E-state index in [2.05, 4.69) is 18.4 Å². The lowest BCUT2D eigenvalue weighted by molar-refractivity contribution is -0.126. The maximum Gasteiger partial charge on any atom is 0.401 e. The van der Waals surface area contributed by atoms with E-state index in [1.807, 2.05) is 0 Å². The van der Waals surface area contributed by atoms with Gasteiger partial charge in [0, 0.05) is 6.54 Å². The summed E-state index contributed by atoms with van der Waals surface area (Å²) in [6.45, 7) is -0.466. The van der Waals surface area contributed by atoms with Crippen LogP contribution in [0, 0.1) is 0 Å². The molecular weight excluding hydrogens is 139 g/mol. The van der Waals surface area contributed by atoms with Gasteiger partial charge in [-0.2, -0.15) is 25.8 Å². The molecule has 2 N–H and O–H groups in total. The minimum Gasteiger partial charge on any atom is -0.329 e. The molecular formula is C3H6F3NS. The molecule has 0 fully saturated rings. The molecule has 0 aliphatic carbocycles. The van der Waals surface area contributed by atoms with Crippen LogP contribution < -0.4 is 5.73 Å². The highest BCUT2D eigenvalue weighted by Gasteiger charge is 2.35. The first-order valence-corrected chi connectivity index (χ1v) is 2.45. The summed E-state index contributed by atoms with van der Waals surface area (Å²) in [6, 6.07) is 0. The molecule has 0 aliphatic rings. The lowest BCUT2D eigenvalue weighted by Crippen LogP contribution is -2.30. The maximum atomic E-state index is 11.3. The molecule has 8 heavy (non-hydrogen) atoms. The van der Waals surface area contributed by atoms with Gasteiger partial charge in [0.15, 0.2) is 0 Å². The molecule has 0 saturated heterocycles. The van der Waals surface area contributed by atoms with Gasteiger partial charge in [-0.15, -0.1) is 0 Å². The van der Waals surface area contributed by atoms with Crippen LogP contribution in [0.15, 0.2) is 0 Å². The van der Waals surface area contributed by atoms with Gasteiger partial charge in [0.1, 0.15) is 5.25 Å². The fraction of sp³-hybridized carbons (Fsp3) is 1.00. The number of rotatable bonds is 1. The zero-order chi connectivity index (χ0) is 6.78. The van der Waals surface area contributed by atoms with E-state index in [0.717, 1.165) is 0 Å². The second-order valence-corrected chi connectivity index (χ2v) is 1.92. The molecule has 5 heteroatoms. The largest absolute Gasteiger partial charge is 0.401 e. The van der Waals surface area contributed by atoms with Gasteiger partial charge in [-0.3, -0.25) is 0 Å². The predicted molar refractivity (Wildman–Crippen MR) is 27.9 cm³/mol. The highest BCUT2D eigenvalue weighted by Crippen LogP contribution is 2.22. The molecule has 1 nitrogen and oxygen atoms in total. The van der Waals surface area contributed by atoms with Crippen molar-refractivity contribution in [2.24, 2.45) is 5.73 Å². The Labute approximate surface area is 50.5 Å². The Morgan fingerprint density at radius 2 is 1.88 bits per heavy atom. The van der Waals surface area contributed by atoms with Gasteiger partial charge in [0.05, 0.1) is 0 Å². The Balaban J connectivity index is 3.62. The Morgan fingerprint density at radius 1 is 1.50 bits per heavy atom. The molecule has 0 spiro atoms. The summed E-state index contributed by atoms with van der Waals surface area (Å²) in [5.74, 6) is 0. The van der Waals surface area contributed by atoms with Crippen molar-refractivity contribution in [2.75, 3.05) is 6.54 Å². The van der Waals surface area contributed by atoms with Crippen LogP contribution in [0.3, 0.4) is 0 Å². The Morgan fingerprint density at radius 3 is 1.88 bits per heavy atom. The third kappa shape index (κ3) is 2.42. The summed E-state index contributed by atoms with van der Waals surface area (Å²) in [6.07, 6.45) is -4.25. The number of hydrogen-bond acceptors (Lipinski definition) is 2. The first-order valence-electron chi connectivity index (χ1n) is 1.93. The van der Waals surface area contributed by atoms with Crippen molar-refractivity contribution < 1.29 is 13.2 Å². The molecule has 0 saturated carbocycles. The average Bonchev–Trinajstić information content (AvgIpc) is 1.62. The lowest BCUT2D eigenvalue weighted by Gasteiger charge is -2.10. The lowest BCUT2D eigenvalue weighted by atomic mass is 10.4. The Kier molecular flexibility index (Phi) is 2.62. The van der Waals surface area contributed by atoms with Gasteiger partial charge < -0.3 is 5.73 Å². The van der Waals surface area contributed by atoms with Gasteiger partial charge in [0.25, 0.3) is 0 Å². The van der Waals surface area contributed by atoms with Crippen molar-refractivity contribution in [3.05, 3.63) is 0 Å². The SMILES string of the molecule is NC[C@H](S)C(F)(F)F. The van der Waals surface area contributed by atoms with E-state index in [-0.39, 0.29) is 0 Å². The van der Waals surface area contributed by atoms with Crippen molar-refractivity contribution in [3.63, 3.8) is 0 Å². The molecule has 0 aliphatic heterocycles. The molecule has 0 aromatic heterocycles. The Bertz CT molecular complexity index is 71.4. The minimum absolute atomic E-state index is 0.466. The van der Waals surface area contributed by atoms with Crippen LogP contribution in [0.2, 0.25) is 0 Å². The third-order valence-electron chi connectivity index (χ3n) is 0.601. The van der Waals surface area contributed by atoms with Crippen molar-refractivity contribution in [1.29, 1.82) is 0 Å². The monoisotopic (exact) mass is 145 g/mol. The van der Waals surface area contributed by atoms with E-state index in [0.29, 0.717) is 0 Å². The third-order valence-corrected chi connectivity index (χ3v) is 1.10. The number of hydrogen-bond donors (Lipinski definition) is 2. The normalized spacial score (nSPS) is 16.1. The molecule has 0 amide bonds. The topological polar surface area (TPSA) is 26.0 Å². The van der Waals surface area contributed by atoms with Crippen LogP contribution in [-0.2, 0) is 0 Å². The molecule has 0 aromatic rings. The van der Waals surface area contributed by atoms with Crippen LogP contribution in [0.25, 0.3) is 0 Å². The minimum atomic E-state index is -4.25. The zero-order valence-corrected chi connectivity index (χ0v) is 4.84. The van der Waals surface area contributed by atoms with Gasteiger partial charge in [-0.05, 0) is 0 Å². The summed E-state index contributed by atoms with van der Waals surface area (Å²) in [5.41, 5.74) is 4.66. The highest BCUT2D eigenvalue weighted by molar-refractivity contribution is 7.81. The molecule has 0 aromatic carbocycles. The second kappa shape index (κ2) is 2.59. The van der Waals surface area contributed by atoms with Gasteiger partial charge >= 0.3 is 6.18 Å². The Hall–Kier alpha value is 0.100. The first kappa shape index (κ1) is 8.10. The fourth-order valence-electron chi connectivity index (χ4n) is 0.134. The van der Waals surface area contributed by atoms with E-state index in [9.17, 15) is 13.2 Å². The van der Waals surface area contributed by atoms with Crippen molar-refractivity contribution in [1.82, 2.24) is 0 Å². The van der Waals surface area contributed by atoms with Crippen LogP contribution in [-0.4, -0.2) is 18.0 Å². The number of nitrogens with two attached hydrogens (primary N) is 1. The fourth-order valence-corrected chi connectivity index (χ4v) is 0.134. The van der Waals surface area contributed by atoms with Crippen molar-refractivity contribution >= 4 is 12.6 Å². The smallest absolute Gasteiger partial charge is 0.329 e. The van der Waals surface area contributed by atoms with Crippen molar-refractivity contribution in [3.8, 4) is 0 Å². The number of halogens is 3. The van der Waals surface area contributed by atoms with Crippen LogP contribution in [0.4, 0.5) is 13.2 Å². The molecule has 0 bridgehead atoms. The van der Waals surface area contributed by atoms with E-state index >= 15 is 0 Å². The number of alkyl halides is 3. The van der Waals surface area contributed by atoms with Gasteiger partial charge in [-0.25, -0.2) is 0 Å². The number of thiol groups is 1. The summed E-state index contributed by atoms with van der Waals surface area (Å²) in [4.78, 5) is 0. The highest BCUT2D eigenvalue weighted by atomic mass is 32.1. The first-order chi connectivity index (χ1) is 3.48. The molecule has 1 atom stereocenters.